The van der Waals surface area contributed by atoms with E-state index in [2.05, 4.69) is 0 Å². The first kappa shape index (κ1) is 10.4. The molecule has 0 unspecified atom stereocenters. The third-order valence-corrected chi connectivity index (χ3v) is 1.84. The molecule has 13 heavy (non-hydrogen) atoms. The van der Waals surface area contributed by atoms with E-state index in [9.17, 15) is 0 Å². The van der Waals surface area contributed by atoms with E-state index in [-0.39, 0.29) is 6.61 Å². The zero-order valence-corrected chi connectivity index (χ0v) is 8.13. The first-order chi connectivity index (χ1) is 6.38. The van der Waals surface area contributed by atoms with Crippen LogP contribution in [0.15, 0.2) is 24.3 Å². The van der Waals surface area contributed by atoms with E-state index in [1.165, 1.54) is 0 Å². The largest absolute Gasteiger partial charge is 0.492 e. The molecule has 0 aliphatic carbocycles. The zero-order chi connectivity index (χ0) is 9.52. The minimum Gasteiger partial charge on any atom is -0.492 e. The summed E-state index contributed by atoms with van der Waals surface area (Å²) in [5.74, 6) is 1.30. The maximum absolute atomic E-state index is 8.79. The first-order valence-electron chi connectivity index (χ1n) is 4.26. The predicted molar refractivity (Wildman–Crippen MR) is 53.4 cm³/mol. The normalized spacial score (nSPS) is 10.0. The minimum absolute atomic E-state index is 0.140. The maximum atomic E-state index is 8.79. The van der Waals surface area contributed by atoms with Gasteiger partial charge in [0.15, 0.2) is 0 Å². The Morgan fingerprint density at radius 3 is 2.77 bits per heavy atom. The average Bonchev–Trinajstić information content (AvgIpc) is 2.17. The van der Waals surface area contributed by atoms with Crippen LogP contribution in [0.1, 0.15) is 5.56 Å². The zero-order valence-electron chi connectivity index (χ0n) is 7.37. The molecule has 0 spiro atoms. The van der Waals surface area contributed by atoms with Crippen LogP contribution in [-0.4, -0.2) is 24.2 Å². The SMILES string of the molecule is OCCc1ccccc1OCCCl. The number of alkyl halides is 1. The van der Waals surface area contributed by atoms with Gasteiger partial charge in [-0.2, -0.15) is 0 Å². The van der Waals surface area contributed by atoms with Crippen molar-refractivity contribution < 1.29 is 9.84 Å². The second-order valence-electron chi connectivity index (χ2n) is 2.62. The van der Waals surface area contributed by atoms with Gasteiger partial charge in [0.1, 0.15) is 12.4 Å². The van der Waals surface area contributed by atoms with E-state index in [1.54, 1.807) is 0 Å². The van der Waals surface area contributed by atoms with Gasteiger partial charge >= 0.3 is 0 Å². The second kappa shape index (κ2) is 5.84. The standard InChI is InChI=1S/C10H13ClO2/c11-6-8-13-10-4-2-1-3-9(10)5-7-12/h1-4,12H,5-8H2. The number of rotatable bonds is 5. The molecule has 0 fully saturated rings. The van der Waals surface area contributed by atoms with Crippen LogP contribution < -0.4 is 4.74 Å². The molecule has 0 saturated heterocycles. The summed E-state index contributed by atoms with van der Waals surface area (Å²) >= 11 is 5.51. The number of halogens is 1. The molecule has 0 aliphatic rings. The maximum Gasteiger partial charge on any atom is 0.122 e. The molecule has 0 amide bonds. The van der Waals surface area contributed by atoms with Crippen molar-refractivity contribution in [2.75, 3.05) is 19.1 Å². The van der Waals surface area contributed by atoms with Gasteiger partial charge in [0.05, 0.1) is 5.88 Å². The van der Waals surface area contributed by atoms with Crippen LogP contribution in [0.25, 0.3) is 0 Å². The van der Waals surface area contributed by atoms with Crippen molar-refractivity contribution in [1.82, 2.24) is 0 Å². The molecule has 0 atom stereocenters. The lowest BCUT2D eigenvalue weighted by Crippen LogP contribution is -2.02. The number of hydrogen-bond donors (Lipinski definition) is 1. The van der Waals surface area contributed by atoms with Gasteiger partial charge in [-0.15, -0.1) is 11.6 Å². The van der Waals surface area contributed by atoms with Crippen LogP contribution >= 0.6 is 11.6 Å². The van der Waals surface area contributed by atoms with Gasteiger partial charge < -0.3 is 9.84 Å². The third kappa shape index (κ3) is 3.25. The van der Waals surface area contributed by atoms with Crippen LogP contribution in [0.4, 0.5) is 0 Å². The first-order valence-corrected chi connectivity index (χ1v) is 4.79. The van der Waals surface area contributed by atoms with Gasteiger partial charge in [0.2, 0.25) is 0 Å². The minimum atomic E-state index is 0.140. The van der Waals surface area contributed by atoms with Crippen LogP contribution in [0.2, 0.25) is 0 Å². The van der Waals surface area contributed by atoms with E-state index in [0.29, 0.717) is 18.9 Å². The van der Waals surface area contributed by atoms with Gasteiger partial charge in [-0.05, 0) is 18.1 Å². The summed E-state index contributed by atoms with van der Waals surface area (Å²) in [7, 11) is 0. The number of ether oxygens (including phenoxy) is 1. The molecule has 0 saturated carbocycles. The quantitative estimate of drug-likeness (QED) is 0.735. The van der Waals surface area contributed by atoms with Crippen LogP contribution in [0.3, 0.4) is 0 Å². The van der Waals surface area contributed by atoms with Crippen molar-refractivity contribution in [2.45, 2.75) is 6.42 Å². The molecule has 2 nitrogen and oxygen atoms in total. The Bertz CT molecular complexity index is 250. The molecule has 3 heteroatoms. The molecule has 0 aliphatic heterocycles. The summed E-state index contributed by atoms with van der Waals surface area (Å²) in [5.41, 5.74) is 1.02. The van der Waals surface area contributed by atoms with Gasteiger partial charge in [-0.1, -0.05) is 18.2 Å². The van der Waals surface area contributed by atoms with E-state index in [0.717, 1.165) is 11.3 Å². The highest BCUT2D eigenvalue weighted by Gasteiger charge is 2.00. The molecule has 1 N–H and O–H groups in total. The van der Waals surface area contributed by atoms with Crippen molar-refractivity contribution in [3.63, 3.8) is 0 Å². The Morgan fingerprint density at radius 2 is 2.08 bits per heavy atom. The van der Waals surface area contributed by atoms with E-state index < -0.39 is 0 Å². The number of aliphatic hydroxyl groups is 1. The Kier molecular flexibility index (Phi) is 4.65. The summed E-state index contributed by atoms with van der Waals surface area (Å²) in [5, 5.41) is 8.79. The lowest BCUT2D eigenvalue weighted by atomic mass is 10.1. The fraction of sp³-hybridized carbons (Fsp3) is 0.400. The molecular formula is C10H13ClO2. The van der Waals surface area contributed by atoms with Gasteiger partial charge in [-0.3, -0.25) is 0 Å². The molecule has 72 valence electrons. The Morgan fingerprint density at radius 1 is 1.31 bits per heavy atom. The highest BCUT2D eigenvalue weighted by atomic mass is 35.5. The fourth-order valence-electron chi connectivity index (χ4n) is 1.12. The molecule has 1 aromatic rings. The Labute approximate surface area is 83.1 Å². The molecule has 1 aromatic carbocycles. The molecule has 0 heterocycles. The van der Waals surface area contributed by atoms with Gasteiger partial charge in [0.25, 0.3) is 0 Å². The third-order valence-electron chi connectivity index (χ3n) is 1.69. The summed E-state index contributed by atoms with van der Waals surface area (Å²) in [6.07, 6.45) is 0.623. The summed E-state index contributed by atoms with van der Waals surface area (Å²) in [6, 6.07) is 7.67. The molecule has 0 bridgehead atoms. The van der Waals surface area contributed by atoms with Crippen LogP contribution in [0, 0.1) is 0 Å². The lowest BCUT2D eigenvalue weighted by Gasteiger charge is -2.08. The highest BCUT2D eigenvalue weighted by molar-refractivity contribution is 6.18. The number of hydrogen-bond acceptors (Lipinski definition) is 2. The topological polar surface area (TPSA) is 29.5 Å². The predicted octanol–water partition coefficient (Wildman–Crippen LogP) is 1.84. The summed E-state index contributed by atoms with van der Waals surface area (Å²) < 4.78 is 5.40. The van der Waals surface area contributed by atoms with Crippen molar-refractivity contribution >= 4 is 11.6 Å². The fourth-order valence-corrected chi connectivity index (χ4v) is 1.20. The number of aliphatic hydroxyl groups excluding tert-OH is 1. The van der Waals surface area contributed by atoms with Crippen molar-refractivity contribution in [3.05, 3.63) is 29.8 Å². The molecular weight excluding hydrogens is 188 g/mol. The highest BCUT2D eigenvalue weighted by Crippen LogP contribution is 2.17. The van der Waals surface area contributed by atoms with Crippen molar-refractivity contribution in [3.8, 4) is 5.75 Å². The molecule has 0 aromatic heterocycles. The smallest absolute Gasteiger partial charge is 0.122 e. The molecule has 0 radical (unpaired) electrons. The summed E-state index contributed by atoms with van der Waals surface area (Å²) in [6.45, 7) is 0.644. The van der Waals surface area contributed by atoms with E-state index in [4.69, 9.17) is 21.4 Å². The lowest BCUT2D eigenvalue weighted by molar-refractivity contribution is 0.293. The number of para-hydroxylation sites is 1. The Balaban J connectivity index is 2.66. The van der Waals surface area contributed by atoms with Gasteiger partial charge in [-0.25, -0.2) is 0 Å². The summed E-state index contributed by atoms with van der Waals surface area (Å²) in [4.78, 5) is 0. The second-order valence-corrected chi connectivity index (χ2v) is 3.00. The van der Waals surface area contributed by atoms with Crippen LogP contribution in [0.5, 0.6) is 5.75 Å². The van der Waals surface area contributed by atoms with Crippen LogP contribution in [-0.2, 0) is 6.42 Å². The number of benzene rings is 1. The van der Waals surface area contributed by atoms with Crippen molar-refractivity contribution in [1.29, 1.82) is 0 Å². The van der Waals surface area contributed by atoms with Crippen molar-refractivity contribution in [2.24, 2.45) is 0 Å². The van der Waals surface area contributed by atoms with E-state index >= 15 is 0 Å². The Hall–Kier alpha value is -0.730. The van der Waals surface area contributed by atoms with E-state index in [1.807, 2.05) is 24.3 Å². The monoisotopic (exact) mass is 200 g/mol. The average molecular weight is 201 g/mol. The van der Waals surface area contributed by atoms with Gasteiger partial charge in [0, 0.05) is 6.61 Å². The molecule has 1 rings (SSSR count).